The Morgan fingerprint density at radius 1 is 0.872 bits per heavy atom. The SMILES string of the molecule is CCOc1cc(C2C3=C(CC(C)(C)CC3=O)NC3=C2C(=O)CC(C)(C)C3)cc(Br)c1OCc1ccc(C)cc1. The zero-order chi connectivity index (χ0) is 28.1. The standard InChI is InChI=1S/C33H38BrNO4/c1-7-38-27-13-21(12-22(34)31(27)39-18-20-10-8-19(2)9-11-20)28-29-23(14-32(3,4)16-25(29)36)35-24-15-33(5,6)17-26(37)30(24)28/h8-13,28,35H,7,14-18H2,1-6H3. The molecule has 2 aliphatic carbocycles. The second-order valence-electron chi connectivity index (χ2n) is 12.8. The molecule has 206 valence electrons. The van der Waals surface area contributed by atoms with Crippen LogP contribution >= 0.6 is 15.9 Å². The van der Waals surface area contributed by atoms with Crippen LogP contribution in [-0.2, 0) is 16.2 Å². The summed E-state index contributed by atoms with van der Waals surface area (Å²) in [6.07, 6.45) is 2.47. The molecule has 3 aliphatic rings. The molecule has 2 aromatic rings. The molecule has 0 saturated heterocycles. The molecule has 39 heavy (non-hydrogen) atoms. The van der Waals surface area contributed by atoms with Crippen molar-refractivity contribution in [2.75, 3.05) is 6.61 Å². The fourth-order valence-electron chi connectivity index (χ4n) is 6.22. The summed E-state index contributed by atoms with van der Waals surface area (Å²) in [5.41, 5.74) is 6.23. The van der Waals surface area contributed by atoms with E-state index in [1.165, 1.54) is 5.56 Å². The predicted molar refractivity (Wildman–Crippen MR) is 157 cm³/mol. The van der Waals surface area contributed by atoms with Crippen molar-refractivity contribution >= 4 is 27.5 Å². The largest absolute Gasteiger partial charge is 0.490 e. The minimum atomic E-state index is -0.426. The van der Waals surface area contributed by atoms with Gasteiger partial charge in [-0.3, -0.25) is 9.59 Å². The molecule has 5 rings (SSSR count). The lowest BCUT2D eigenvalue weighted by Gasteiger charge is -2.44. The van der Waals surface area contributed by atoms with Crippen LogP contribution in [0.3, 0.4) is 0 Å². The van der Waals surface area contributed by atoms with Crippen LogP contribution < -0.4 is 14.8 Å². The maximum atomic E-state index is 13.7. The molecule has 1 aliphatic heterocycles. The minimum Gasteiger partial charge on any atom is -0.490 e. The summed E-state index contributed by atoms with van der Waals surface area (Å²) < 4.78 is 13.1. The van der Waals surface area contributed by atoms with E-state index in [4.69, 9.17) is 9.47 Å². The number of ether oxygens (including phenoxy) is 2. The third-order valence-electron chi connectivity index (χ3n) is 7.89. The summed E-state index contributed by atoms with van der Waals surface area (Å²) in [5, 5.41) is 3.59. The smallest absolute Gasteiger partial charge is 0.175 e. The Bertz CT molecular complexity index is 1350. The third-order valence-corrected chi connectivity index (χ3v) is 8.48. The number of ketones is 2. The second-order valence-corrected chi connectivity index (χ2v) is 13.6. The van der Waals surface area contributed by atoms with Gasteiger partial charge in [0, 0.05) is 41.3 Å². The highest BCUT2D eigenvalue weighted by Crippen LogP contribution is 2.52. The number of Topliss-reactive ketones (excluding diaryl/α,β-unsaturated/α-hetero) is 2. The summed E-state index contributed by atoms with van der Waals surface area (Å²) in [5.74, 6) is 1.01. The molecule has 1 N–H and O–H groups in total. The Morgan fingerprint density at radius 3 is 1.97 bits per heavy atom. The van der Waals surface area contributed by atoms with Gasteiger partial charge in [0.1, 0.15) is 6.61 Å². The molecular formula is C33H38BrNO4. The highest BCUT2D eigenvalue weighted by molar-refractivity contribution is 9.10. The molecule has 5 nitrogen and oxygen atoms in total. The molecule has 0 amide bonds. The van der Waals surface area contributed by atoms with E-state index < -0.39 is 5.92 Å². The van der Waals surface area contributed by atoms with Crippen LogP contribution in [0.2, 0.25) is 0 Å². The number of benzene rings is 2. The van der Waals surface area contributed by atoms with E-state index in [1.54, 1.807) is 0 Å². The van der Waals surface area contributed by atoms with Gasteiger partial charge in [-0.15, -0.1) is 0 Å². The molecule has 0 atom stereocenters. The maximum absolute atomic E-state index is 13.7. The van der Waals surface area contributed by atoms with Crippen molar-refractivity contribution in [1.29, 1.82) is 0 Å². The number of carbonyl (C=O) groups is 2. The third kappa shape index (κ3) is 5.58. The Balaban J connectivity index is 1.60. The van der Waals surface area contributed by atoms with Gasteiger partial charge in [-0.05, 0) is 76.7 Å². The molecular weight excluding hydrogens is 554 g/mol. The Morgan fingerprint density at radius 2 is 1.44 bits per heavy atom. The number of rotatable bonds is 6. The van der Waals surface area contributed by atoms with Crippen molar-refractivity contribution in [3.8, 4) is 11.5 Å². The minimum absolute atomic E-state index is 0.108. The molecule has 1 heterocycles. The zero-order valence-corrected chi connectivity index (χ0v) is 25.4. The van der Waals surface area contributed by atoms with E-state index in [0.29, 0.717) is 37.6 Å². The Kier molecular flexibility index (Phi) is 7.30. The van der Waals surface area contributed by atoms with Crippen LogP contribution in [0.1, 0.15) is 82.9 Å². The van der Waals surface area contributed by atoms with Crippen molar-refractivity contribution in [2.45, 2.75) is 79.8 Å². The van der Waals surface area contributed by atoms with Crippen molar-refractivity contribution in [3.63, 3.8) is 0 Å². The first-order valence-electron chi connectivity index (χ1n) is 13.8. The van der Waals surface area contributed by atoms with Gasteiger partial charge in [-0.1, -0.05) is 57.5 Å². The van der Waals surface area contributed by atoms with Gasteiger partial charge in [-0.2, -0.15) is 0 Å². The molecule has 0 fully saturated rings. The Labute approximate surface area is 240 Å². The first-order chi connectivity index (χ1) is 18.4. The van der Waals surface area contributed by atoms with Crippen LogP contribution in [0.5, 0.6) is 11.5 Å². The van der Waals surface area contributed by atoms with Crippen molar-refractivity contribution in [2.24, 2.45) is 10.8 Å². The normalized spacial score (nSPS) is 20.4. The lowest BCUT2D eigenvalue weighted by atomic mass is 9.64. The second kappa shape index (κ2) is 10.3. The zero-order valence-electron chi connectivity index (χ0n) is 23.8. The molecule has 0 saturated carbocycles. The molecule has 0 bridgehead atoms. The van der Waals surface area contributed by atoms with Crippen LogP contribution in [0, 0.1) is 17.8 Å². The van der Waals surface area contributed by atoms with E-state index in [0.717, 1.165) is 51.0 Å². The van der Waals surface area contributed by atoms with Gasteiger partial charge >= 0.3 is 0 Å². The molecule has 6 heteroatoms. The van der Waals surface area contributed by atoms with E-state index in [1.807, 2.05) is 19.1 Å². The van der Waals surface area contributed by atoms with Crippen molar-refractivity contribution in [3.05, 3.63) is 80.1 Å². The van der Waals surface area contributed by atoms with Gasteiger partial charge < -0.3 is 14.8 Å². The number of hydrogen-bond acceptors (Lipinski definition) is 5. The van der Waals surface area contributed by atoms with Gasteiger partial charge in [-0.25, -0.2) is 0 Å². The van der Waals surface area contributed by atoms with Gasteiger partial charge in [0.15, 0.2) is 23.1 Å². The summed E-state index contributed by atoms with van der Waals surface area (Å²) >= 11 is 3.74. The van der Waals surface area contributed by atoms with Gasteiger partial charge in [0.2, 0.25) is 0 Å². The molecule has 0 spiro atoms. The Hall–Kier alpha value is -2.86. The summed E-state index contributed by atoms with van der Waals surface area (Å²) in [4.78, 5) is 27.4. The lowest BCUT2D eigenvalue weighted by Crippen LogP contribution is -2.42. The molecule has 2 aromatic carbocycles. The topological polar surface area (TPSA) is 64.6 Å². The predicted octanol–water partition coefficient (Wildman–Crippen LogP) is 7.71. The number of hydrogen-bond donors (Lipinski definition) is 1. The number of aryl methyl sites for hydroxylation is 1. The number of nitrogens with one attached hydrogen (secondary N) is 1. The van der Waals surface area contributed by atoms with Crippen LogP contribution in [0.4, 0.5) is 0 Å². The lowest BCUT2D eigenvalue weighted by molar-refractivity contribution is -0.119. The van der Waals surface area contributed by atoms with Gasteiger partial charge in [0.05, 0.1) is 11.1 Å². The van der Waals surface area contributed by atoms with Crippen LogP contribution in [-0.4, -0.2) is 18.2 Å². The first-order valence-corrected chi connectivity index (χ1v) is 14.6. The fourth-order valence-corrected chi connectivity index (χ4v) is 6.79. The summed E-state index contributed by atoms with van der Waals surface area (Å²) in [6.45, 7) is 13.4. The van der Waals surface area contributed by atoms with E-state index in [2.05, 4.69) is 80.1 Å². The van der Waals surface area contributed by atoms with Crippen molar-refractivity contribution in [1.82, 2.24) is 5.32 Å². The number of dihydropyridines is 1. The van der Waals surface area contributed by atoms with E-state index >= 15 is 0 Å². The maximum Gasteiger partial charge on any atom is 0.175 e. The van der Waals surface area contributed by atoms with E-state index in [-0.39, 0.29) is 22.4 Å². The fraction of sp³-hybridized carbons (Fsp3) is 0.455. The highest BCUT2D eigenvalue weighted by atomic mass is 79.9. The van der Waals surface area contributed by atoms with Crippen molar-refractivity contribution < 1.29 is 19.1 Å². The average Bonchev–Trinajstić information content (AvgIpc) is 2.81. The van der Waals surface area contributed by atoms with Crippen LogP contribution in [0.25, 0.3) is 0 Å². The molecule has 0 aromatic heterocycles. The monoisotopic (exact) mass is 591 g/mol. The number of allylic oxidation sites excluding steroid dienone is 4. The number of halogens is 1. The summed E-state index contributed by atoms with van der Waals surface area (Å²) in [7, 11) is 0. The first kappa shape index (κ1) is 27.7. The summed E-state index contributed by atoms with van der Waals surface area (Å²) in [6, 6.07) is 12.2. The van der Waals surface area contributed by atoms with Crippen LogP contribution in [0.15, 0.2) is 63.4 Å². The van der Waals surface area contributed by atoms with Gasteiger partial charge in [0.25, 0.3) is 0 Å². The number of carbonyl (C=O) groups excluding carboxylic acids is 2. The average molecular weight is 593 g/mol. The highest BCUT2D eigenvalue weighted by Gasteiger charge is 2.46. The molecule has 0 unspecified atom stereocenters. The quantitative estimate of drug-likeness (QED) is 0.372. The molecule has 0 radical (unpaired) electrons. The van der Waals surface area contributed by atoms with E-state index in [9.17, 15) is 9.59 Å².